The molecule has 10 heavy (non-hydrogen) atoms. The molecule has 1 fully saturated rings. The Morgan fingerprint density at radius 2 is 1.60 bits per heavy atom. The van der Waals surface area contributed by atoms with Crippen LogP contribution in [0.4, 0.5) is 0 Å². The summed E-state index contributed by atoms with van der Waals surface area (Å²) in [5.41, 5.74) is 0. The monoisotopic (exact) mass is 142 g/mol. The van der Waals surface area contributed by atoms with Crippen molar-refractivity contribution in [1.82, 2.24) is 0 Å². The SMILES string of the molecule is C=C.COC1CCCCC1. The normalized spacial score (nSPS) is 19.3. The Hall–Kier alpha value is -0.300. The zero-order valence-electron chi connectivity index (χ0n) is 6.94. The minimum absolute atomic E-state index is 0.587. The van der Waals surface area contributed by atoms with E-state index in [0.717, 1.165) is 0 Å². The van der Waals surface area contributed by atoms with E-state index < -0.39 is 0 Å². The lowest BCUT2D eigenvalue weighted by Crippen LogP contribution is -2.13. The third kappa shape index (κ3) is 3.67. The molecule has 1 nitrogen and oxygen atoms in total. The lowest BCUT2D eigenvalue weighted by Gasteiger charge is -2.19. The van der Waals surface area contributed by atoms with Gasteiger partial charge in [0.1, 0.15) is 0 Å². The molecule has 0 radical (unpaired) electrons. The second-order valence-corrected chi connectivity index (χ2v) is 2.50. The lowest BCUT2D eigenvalue weighted by atomic mass is 9.98. The fourth-order valence-electron chi connectivity index (χ4n) is 1.30. The standard InChI is InChI=1S/C7H14O.C2H4/c1-8-7-5-3-2-4-6-7;1-2/h7H,2-6H2,1H3;1-2H2. The average Bonchev–Trinajstić information content (AvgIpc) is 2.10. The first-order valence-corrected chi connectivity index (χ1v) is 3.96. The van der Waals surface area contributed by atoms with Gasteiger partial charge >= 0.3 is 0 Å². The van der Waals surface area contributed by atoms with Crippen molar-refractivity contribution in [3.63, 3.8) is 0 Å². The van der Waals surface area contributed by atoms with Crippen LogP contribution in [0.3, 0.4) is 0 Å². The third-order valence-electron chi connectivity index (χ3n) is 1.89. The van der Waals surface area contributed by atoms with Crippen molar-refractivity contribution in [1.29, 1.82) is 0 Å². The molecule has 1 rings (SSSR count). The highest BCUT2D eigenvalue weighted by molar-refractivity contribution is 4.63. The molecule has 0 aromatic rings. The van der Waals surface area contributed by atoms with Crippen LogP contribution in [-0.2, 0) is 4.74 Å². The van der Waals surface area contributed by atoms with Gasteiger partial charge in [-0.05, 0) is 12.8 Å². The Labute approximate surface area is 64.1 Å². The third-order valence-corrected chi connectivity index (χ3v) is 1.89. The van der Waals surface area contributed by atoms with E-state index in [4.69, 9.17) is 4.74 Å². The van der Waals surface area contributed by atoms with Gasteiger partial charge in [-0.1, -0.05) is 19.3 Å². The second-order valence-electron chi connectivity index (χ2n) is 2.50. The van der Waals surface area contributed by atoms with Crippen molar-refractivity contribution in [2.75, 3.05) is 7.11 Å². The Morgan fingerprint density at radius 1 is 1.10 bits per heavy atom. The van der Waals surface area contributed by atoms with Crippen LogP contribution in [0, 0.1) is 0 Å². The van der Waals surface area contributed by atoms with E-state index in [1.54, 1.807) is 0 Å². The van der Waals surface area contributed by atoms with Crippen molar-refractivity contribution < 1.29 is 4.74 Å². The highest BCUT2D eigenvalue weighted by Crippen LogP contribution is 2.18. The summed E-state index contributed by atoms with van der Waals surface area (Å²) >= 11 is 0. The summed E-state index contributed by atoms with van der Waals surface area (Å²) in [6.07, 6.45) is 7.33. The van der Waals surface area contributed by atoms with Gasteiger partial charge in [0.2, 0.25) is 0 Å². The van der Waals surface area contributed by atoms with Gasteiger partial charge in [-0.3, -0.25) is 0 Å². The van der Waals surface area contributed by atoms with Crippen LogP contribution in [0.5, 0.6) is 0 Å². The topological polar surface area (TPSA) is 9.23 Å². The van der Waals surface area contributed by atoms with Crippen molar-refractivity contribution >= 4 is 0 Å². The van der Waals surface area contributed by atoms with Crippen molar-refractivity contribution in [3.8, 4) is 0 Å². The number of ether oxygens (including phenoxy) is 1. The fraction of sp³-hybridized carbons (Fsp3) is 0.778. The predicted octanol–water partition coefficient (Wildman–Crippen LogP) is 2.77. The first-order chi connectivity index (χ1) is 4.93. The van der Waals surface area contributed by atoms with Crippen molar-refractivity contribution in [3.05, 3.63) is 13.2 Å². The number of hydrogen-bond acceptors (Lipinski definition) is 1. The van der Waals surface area contributed by atoms with Crippen LogP contribution in [0.15, 0.2) is 13.2 Å². The minimum atomic E-state index is 0.587. The molecule has 0 unspecified atom stereocenters. The van der Waals surface area contributed by atoms with Gasteiger partial charge < -0.3 is 4.74 Å². The van der Waals surface area contributed by atoms with E-state index in [0.29, 0.717) is 6.10 Å². The summed E-state index contributed by atoms with van der Waals surface area (Å²) in [5.74, 6) is 0. The van der Waals surface area contributed by atoms with E-state index >= 15 is 0 Å². The Balaban J connectivity index is 0.000000371. The molecular weight excluding hydrogens is 124 g/mol. The van der Waals surface area contributed by atoms with Crippen LogP contribution in [0.1, 0.15) is 32.1 Å². The summed E-state index contributed by atoms with van der Waals surface area (Å²) < 4.78 is 5.19. The van der Waals surface area contributed by atoms with Crippen LogP contribution in [0.25, 0.3) is 0 Å². The van der Waals surface area contributed by atoms with E-state index in [9.17, 15) is 0 Å². The van der Waals surface area contributed by atoms with Crippen molar-refractivity contribution in [2.45, 2.75) is 38.2 Å². The van der Waals surface area contributed by atoms with Gasteiger partial charge in [-0.2, -0.15) is 0 Å². The molecule has 1 saturated carbocycles. The first kappa shape index (κ1) is 9.70. The number of hydrogen-bond donors (Lipinski definition) is 0. The molecule has 0 N–H and O–H groups in total. The molecule has 0 heterocycles. The largest absolute Gasteiger partial charge is 0.381 e. The van der Waals surface area contributed by atoms with Gasteiger partial charge in [0, 0.05) is 7.11 Å². The average molecular weight is 142 g/mol. The predicted molar refractivity (Wildman–Crippen MR) is 45.1 cm³/mol. The van der Waals surface area contributed by atoms with E-state index in [-0.39, 0.29) is 0 Å². The molecule has 0 aromatic carbocycles. The van der Waals surface area contributed by atoms with Crippen LogP contribution in [-0.4, -0.2) is 13.2 Å². The van der Waals surface area contributed by atoms with Crippen LogP contribution >= 0.6 is 0 Å². The Kier molecular flexibility index (Phi) is 6.61. The fourth-order valence-corrected chi connectivity index (χ4v) is 1.30. The lowest BCUT2D eigenvalue weighted by molar-refractivity contribution is 0.0710. The molecule has 60 valence electrons. The smallest absolute Gasteiger partial charge is 0.0571 e. The summed E-state index contributed by atoms with van der Waals surface area (Å²) in [6, 6.07) is 0. The summed E-state index contributed by atoms with van der Waals surface area (Å²) in [6.45, 7) is 6.00. The zero-order valence-corrected chi connectivity index (χ0v) is 6.94. The second kappa shape index (κ2) is 6.81. The maximum absolute atomic E-state index is 5.19. The molecule has 0 aliphatic heterocycles. The van der Waals surface area contributed by atoms with Crippen LogP contribution < -0.4 is 0 Å². The highest BCUT2D eigenvalue weighted by Gasteiger charge is 2.10. The van der Waals surface area contributed by atoms with Gasteiger partial charge in [0.25, 0.3) is 0 Å². The minimum Gasteiger partial charge on any atom is -0.381 e. The van der Waals surface area contributed by atoms with E-state index in [2.05, 4.69) is 13.2 Å². The van der Waals surface area contributed by atoms with Crippen LogP contribution in [0.2, 0.25) is 0 Å². The highest BCUT2D eigenvalue weighted by atomic mass is 16.5. The molecule has 0 saturated heterocycles. The van der Waals surface area contributed by atoms with Gasteiger partial charge in [0.05, 0.1) is 6.10 Å². The van der Waals surface area contributed by atoms with Gasteiger partial charge in [0.15, 0.2) is 0 Å². The van der Waals surface area contributed by atoms with Gasteiger partial charge in [-0.25, -0.2) is 0 Å². The quantitative estimate of drug-likeness (QED) is 0.511. The summed E-state index contributed by atoms with van der Waals surface area (Å²) in [7, 11) is 1.82. The van der Waals surface area contributed by atoms with E-state index in [1.165, 1.54) is 32.1 Å². The summed E-state index contributed by atoms with van der Waals surface area (Å²) in [4.78, 5) is 0. The molecule has 1 aliphatic carbocycles. The van der Waals surface area contributed by atoms with E-state index in [1.807, 2.05) is 7.11 Å². The number of rotatable bonds is 1. The Bertz CT molecular complexity index is 65.1. The molecule has 0 atom stereocenters. The number of methoxy groups -OCH3 is 1. The molecular formula is C9H18O. The molecule has 0 aromatic heterocycles. The van der Waals surface area contributed by atoms with Gasteiger partial charge in [-0.15, -0.1) is 13.2 Å². The maximum atomic E-state index is 5.19. The molecule has 1 heteroatoms. The van der Waals surface area contributed by atoms with Crippen molar-refractivity contribution in [2.24, 2.45) is 0 Å². The zero-order chi connectivity index (χ0) is 7.82. The molecule has 1 aliphatic rings. The molecule has 0 spiro atoms. The maximum Gasteiger partial charge on any atom is 0.0571 e. The first-order valence-electron chi connectivity index (χ1n) is 3.96. The molecule has 0 amide bonds. The summed E-state index contributed by atoms with van der Waals surface area (Å²) in [5, 5.41) is 0. The molecule has 0 bridgehead atoms. The Morgan fingerprint density at radius 3 is 1.90 bits per heavy atom.